The highest BCUT2D eigenvalue weighted by Gasteiger charge is 2.24. The number of halogens is 1. The van der Waals surface area contributed by atoms with E-state index < -0.39 is 16.4 Å². The number of phenols is 1. The first kappa shape index (κ1) is 11.6. The van der Waals surface area contributed by atoms with Crippen LogP contribution in [0.25, 0.3) is 0 Å². The molecule has 0 heterocycles. The van der Waals surface area contributed by atoms with Gasteiger partial charge in [-0.2, -0.15) is 0 Å². The van der Waals surface area contributed by atoms with E-state index in [1.807, 2.05) is 0 Å². The standard InChI is InChI=1S/C8H8BrNO5/c1-14-7-4(9)3-5(10(12)13)6(11)8(7)15-2/h3,11H,1-2H3. The zero-order valence-corrected chi connectivity index (χ0v) is 9.57. The van der Waals surface area contributed by atoms with Crippen molar-refractivity contribution in [3.05, 3.63) is 20.7 Å². The van der Waals surface area contributed by atoms with Gasteiger partial charge in [0.15, 0.2) is 5.75 Å². The SMILES string of the molecule is COc1c(Br)cc([N+](=O)[O-])c(O)c1OC. The lowest BCUT2D eigenvalue weighted by molar-refractivity contribution is -0.386. The van der Waals surface area contributed by atoms with Crippen LogP contribution in [0.15, 0.2) is 10.5 Å². The number of rotatable bonds is 3. The number of nitro benzene ring substituents is 1. The summed E-state index contributed by atoms with van der Waals surface area (Å²) in [6, 6.07) is 1.15. The van der Waals surface area contributed by atoms with E-state index in [1.54, 1.807) is 0 Å². The first-order valence-electron chi connectivity index (χ1n) is 3.80. The van der Waals surface area contributed by atoms with Gasteiger partial charge in [-0.25, -0.2) is 0 Å². The molecule has 0 aliphatic rings. The summed E-state index contributed by atoms with van der Waals surface area (Å²) in [6.45, 7) is 0. The average molecular weight is 278 g/mol. The van der Waals surface area contributed by atoms with Crippen LogP contribution in [0.4, 0.5) is 5.69 Å². The van der Waals surface area contributed by atoms with Gasteiger partial charge in [-0.05, 0) is 15.9 Å². The fraction of sp³-hybridized carbons (Fsp3) is 0.250. The van der Waals surface area contributed by atoms with Crippen molar-refractivity contribution in [3.8, 4) is 17.2 Å². The highest BCUT2D eigenvalue weighted by molar-refractivity contribution is 9.10. The molecule has 0 fully saturated rings. The predicted molar refractivity (Wildman–Crippen MR) is 55.6 cm³/mol. The number of aromatic hydroxyl groups is 1. The Morgan fingerprint density at radius 1 is 1.40 bits per heavy atom. The Morgan fingerprint density at radius 2 is 1.93 bits per heavy atom. The van der Waals surface area contributed by atoms with E-state index in [-0.39, 0.29) is 11.5 Å². The van der Waals surface area contributed by atoms with Crippen molar-refractivity contribution in [2.75, 3.05) is 14.2 Å². The van der Waals surface area contributed by atoms with Crippen LogP contribution < -0.4 is 9.47 Å². The lowest BCUT2D eigenvalue weighted by atomic mass is 10.2. The number of phenolic OH excluding ortho intramolecular Hbond substituents is 1. The van der Waals surface area contributed by atoms with Crippen LogP contribution in [-0.2, 0) is 0 Å². The molecule has 1 N–H and O–H groups in total. The molecule has 0 spiro atoms. The summed E-state index contributed by atoms with van der Waals surface area (Å²) >= 11 is 3.08. The van der Waals surface area contributed by atoms with Gasteiger partial charge in [0, 0.05) is 6.07 Å². The van der Waals surface area contributed by atoms with Crippen LogP contribution in [-0.4, -0.2) is 24.2 Å². The summed E-state index contributed by atoms with van der Waals surface area (Å²) < 4.78 is 10.1. The zero-order valence-electron chi connectivity index (χ0n) is 7.98. The minimum atomic E-state index is -0.706. The Morgan fingerprint density at radius 3 is 2.33 bits per heavy atom. The monoisotopic (exact) mass is 277 g/mol. The summed E-state index contributed by atoms with van der Waals surface area (Å²) in [6.07, 6.45) is 0. The maximum atomic E-state index is 10.6. The summed E-state index contributed by atoms with van der Waals surface area (Å²) in [4.78, 5) is 9.86. The van der Waals surface area contributed by atoms with Crippen molar-refractivity contribution in [1.29, 1.82) is 0 Å². The fourth-order valence-electron chi connectivity index (χ4n) is 1.11. The number of hydrogen-bond donors (Lipinski definition) is 1. The summed E-state index contributed by atoms with van der Waals surface area (Å²) in [5.74, 6) is -0.415. The van der Waals surface area contributed by atoms with E-state index in [4.69, 9.17) is 9.47 Å². The van der Waals surface area contributed by atoms with Gasteiger partial charge in [0.2, 0.25) is 11.5 Å². The normalized spacial score (nSPS) is 9.80. The minimum Gasteiger partial charge on any atom is -0.499 e. The number of nitrogens with zero attached hydrogens (tertiary/aromatic N) is 1. The van der Waals surface area contributed by atoms with Crippen LogP contribution >= 0.6 is 15.9 Å². The van der Waals surface area contributed by atoms with E-state index in [2.05, 4.69) is 15.9 Å². The molecule has 0 unspecified atom stereocenters. The third-order valence-electron chi connectivity index (χ3n) is 1.75. The Kier molecular flexibility index (Phi) is 3.35. The van der Waals surface area contributed by atoms with Crippen molar-refractivity contribution in [1.82, 2.24) is 0 Å². The van der Waals surface area contributed by atoms with E-state index in [1.165, 1.54) is 14.2 Å². The largest absolute Gasteiger partial charge is 0.499 e. The third kappa shape index (κ3) is 1.96. The van der Waals surface area contributed by atoms with Gasteiger partial charge in [0.1, 0.15) is 0 Å². The second-order valence-corrected chi connectivity index (χ2v) is 3.40. The zero-order chi connectivity index (χ0) is 11.6. The number of hydrogen-bond acceptors (Lipinski definition) is 5. The summed E-state index contributed by atoms with van der Waals surface area (Å²) in [7, 11) is 2.65. The van der Waals surface area contributed by atoms with Crippen LogP contribution in [0.1, 0.15) is 0 Å². The Hall–Kier alpha value is -1.50. The average Bonchev–Trinajstić information content (AvgIpc) is 2.19. The quantitative estimate of drug-likeness (QED) is 0.676. The van der Waals surface area contributed by atoms with Gasteiger partial charge in [-0.1, -0.05) is 0 Å². The molecule has 0 atom stereocenters. The van der Waals surface area contributed by atoms with Gasteiger partial charge >= 0.3 is 5.69 Å². The Bertz CT molecular complexity index is 407. The van der Waals surface area contributed by atoms with E-state index in [9.17, 15) is 15.2 Å². The minimum absolute atomic E-state index is 0.0708. The fourth-order valence-corrected chi connectivity index (χ4v) is 1.66. The molecule has 1 aromatic carbocycles. The molecule has 0 saturated carbocycles. The van der Waals surface area contributed by atoms with E-state index >= 15 is 0 Å². The summed E-state index contributed by atoms with van der Waals surface area (Å²) in [5, 5.41) is 20.1. The molecule has 7 heteroatoms. The van der Waals surface area contributed by atoms with Gasteiger partial charge in [-0.3, -0.25) is 10.1 Å². The molecule has 0 radical (unpaired) electrons. The maximum absolute atomic E-state index is 10.6. The van der Waals surface area contributed by atoms with Crippen LogP contribution in [0.2, 0.25) is 0 Å². The lowest BCUT2D eigenvalue weighted by Gasteiger charge is -2.10. The second kappa shape index (κ2) is 4.35. The van der Waals surface area contributed by atoms with Gasteiger partial charge in [0.05, 0.1) is 23.6 Å². The lowest BCUT2D eigenvalue weighted by Crippen LogP contribution is -1.96. The van der Waals surface area contributed by atoms with Crippen LogP contribution in [0.5, 0.6) is 17.2 Å². The van der Waals surface area contributed by atoms with Gasteiger partial charge < -0.3 is 14.6 Å². The highest BCUT2D eigenvalue weighted by Crippen LogP contribution is 2.47. The first-order chi connectivity index (χ1) is 7.02. The molecule has 1 rings (SSSR count). The van der Waals surface area contributed by atoms with Crippen molar-refractivity contribution in [3.63, 3.8) is 0 Å². The third-order valence-corrected chi connectivity index (χ3v) is 2.34. The van der Waals surface area contributed by atoms with Crippen LogP contribution in [0, 0.1) is 10.1 Å². The van der Waals surface area contributed by atoms with Gasteiger partial charge in [0.25, 0.3) is 0 Å². The smallest absolute Gasteiger partial charge is 0.316 e. The topological polar surface area (TPSA) is 81.8 Å². The predicted octanol–water partition coefficient (Wildman–Crippen LogP) is 2.08. The molecule has 15 heavy (non-hydrogen) atoms. The number of ether oxygens (including phenoxy) is 2. The maximum Gasteiger partial charge on any atom is 0.316 e. The molecule has 0 bridgehead atoms. The van der Waals surface area contributed by atoms with Crippen LogP contribution in [0.3, 0.4) is 0 Å². The molecule has 6 nitrogen and oxygen atoms in total. The molecule has 0 saturated heterocycles. The summed E-state index contributed by atoms with van der Waals surface area (Å²) in [5.41, 5.74) is -0.445. The van der Waals surface area contributed by atoms with Gasteiger partial charge in [-0.15, -0.1) is 0 Å². The second-order valence-electron chi connectivity index (χ2n) is 2.55. The first-order valence-corrected chi connectivity index (χ1v) is 4.60. The number of methoxy groups -OCH3 is 2. The number of benzene rings is 1. The molecule has 0 aliphatic carbocycles. The Labute approximate surface area is 93.7 Å². The molecular weight excluding hydrogens is 270 g/mol. The van der Waals surface area contributed by atoms with Crippen molar-refractivity contribution in [2.45, 2.75) is 0 Å². The molecular formula is C8H8BrNO5. The molecule has 0 aliphatic heterocycles. The van der Waals surface area contributed by atoms with E-state index in [0.717, 1.165) is 6.07 Å². The van der Waals surface area contributed by atoms with E-state index in [0.29, 0.717) is 4.47 Å². The van der Waals surface area contributed by atoms with Crippen molar-refractivity contribution in [2.24, 2.45) is 0 Å². The molecule has 82 valence electrons. The number of nitro groups is 1. The van der Waals surface area contributed by atoms with Crippen molar-refractivity contribution < 1.29 is 19.5 Å². The molecule has 0 amide bonds. The highest BCUT2D eigenvalue weighted by atomic mass is 79.9. The Balaban J connectivity index is 3.51. The van der Waals surface area contributed by atoms with Crippen molar-refractivity contribution >= 4 is 21.6 Å². The molecule has 1 aromatic rings. The molecule has 0 aromatic heterocycles.